The van der Waals surface area contributed by atoms with Crippen molar-refractivity contribution >= 4 is 18.0 Å². The smallest absolute Gasteiger partial charge is 0.418 e. The van der Waals surface area contributed by atoms with E-state index in [1.165, 1.54) is 12.0 Å². The molecular weight excluding hydrogens is 430 g/mol. The van der Waals surface area contributed by atoms with Crippen molar-refractivity contribution in [2.24, 2.45) is 29.6 Å². The lowest BCUT2D eigenvalue weighted by Crippen LogP contribution is -2.53. The number of ether oxygens (including phenoxy) is 2. The molecule has 0 radical (unpaired) electrons. The molecule has 0 N–H and O–H groups in total. The number of hydrogen-bond acceptors (Lipinski definition) is 5. The van der Waals surface area contributed by atoms with Gasteiger partial charge in [-0.1, -0.05) is 74.5 Å². The van der Waals surface area contributed by atoms with Crippen molar-refractivity contribution in [2.45, 2.75) is 44.8 Å². The summed E-state index contributed by atoms with van der Waals surface area (Å²) in [7, 11) is 1.37. The Balaban J connectivity index is 1.62. The van der Waals surface area contributed by atoms with Crippen molar-refractivity contribution in [1.29, 1.82) is 0 Å². The maximum Gasteiger partial charge on any atom is 0.418 e. The van der Waals surface area contributed by atoms with E-state index in [9.17, 15) is 14.4 Å². The van der Waals surface area contributed by atoms with Crippen LogP contribution in [0.15, 0.2) is 60.7 Å². The van der Waals surface area contributed by atoms with Gasteiger partial charge in [-0.2, -0.15) is 0 Å². The average molecular weight is 462 g/mol. The van der Waals surface area contributed by atoms with Crippen LogP contribution in [0, 0.1) is 29.6 Å². The Hall–Kier alpha value is -3.15. The molecule has 2 amide bonds. The first-order chi connectivity index (χ1) is 16.4. The van der Waals surface area contributed by atoms with Crippen molar-refractivity contribution in [3.63, 3.8) is 0 Å². The molecule has 2 saturated carbocycles. The van der Waals surface area contributed by atoms with E-state index in [0.29, 0.717) is 0 Å². The van der Waals surface area contributed by atoms with Gasteiger partial charge < -0.3 is 9.47 Å². The zero-order valence-corrected chi connectivity index (χ0v) is 19.8. The predicted molar refractivity (Wildman–Crippen MR) is 125 cm³/mol. The van der Waals surface area contributed by atoms with Gasteiger partial charge in [0.05, 0.1) is 25.0 Å². The van der Waals surface area contributed by atoms with Gasteiger partial charge in [-0.15, -0.1) is 0 Å². The summed E-state index contributed by atoms with van der Waals surface area (Å²) in [6.45, 7) is 4.01. The number of methoxy groups -OCH3 is 1. The predicted octanol–water partition coefficient (Wildman–Crippen LogP) is 4.77. The lowest BCUT2D eigenvalue weighted by molar-refractivity contribution is -0.155. The highest BCUT2D eigenvalue weighted by Crippen LogP contribution is 2.55. The first-order valence-corrected chi connectivity index (χ1v) is 12.1. The Labute approximate surface area is 200 Å². The van der Waals surface area contributed by atoms with Gasteiger partial charge in [0.25, 0.3) is 0 Å². The van der Waals surface area contributed by atoms with Crippen LogP contribution in [-0.4, -0.2) is 36.0 Å². The molecule has 6 heteroatoms. The summed E-state index contributed by atoms with van der Waals surface area (Å²) < 4.78 is 11.3. The van der Waals surface area contributed by atoms with Gasteiger partial charge in [-0.3, -0.25) is 9.59 Å². The molecule has 0 aromatic heterocycles. The number of fused-ring (bicyclic) bond motifs is 2. The van der Waals surface area contributed by atoms with E-state index in [1.807, 2.05) is 74.5 Å². The molecule has 3 aliphatic rings. The quantitative estimate of drug-likeness (QED) is 0.600. The molecule has 5 rings (SSSR count). The van der Waals surface area contributed by atoms with E-state index in [2.05, 4.69) is 0 Å². The zero-order valence-electron chi connectivity index (χ0n) is 19.8. The minimum absolute atomic E-state index is 0.0886. The second kappa shape index (κ2) is 8.57. The van der Waals surface area contributed by atoms with E-state index >= 15 is 0 Å². The topological polar surface area (TPSA) is 72.9 Å². The fourth-order valence-electron chi connectivity index (χ4n) is 6.82. The van der Waals surface area contributed by atoms with Crippen molar-refractivity contribution in [3.8, 4) is 0 Å². The van der Waals surface area contributed by atoms with Gasteiger partial charge >= 0.3 is 12.1 Å². The number of benzene rings is 2. The summed E-state index contributed by atoms with van der Waals surface area (Å²) in [6, 6.07) is 18.7. The van der Waals surface area contributed by atoms with Crippen LogP contribution in [0.3, 0.4) is 0 Å². The molecule has 5 atom stereocenters. The zero-order chi connectivity index (χ0) is 24.0. The molecule has 2 aromatic rings. The van der Waals surface area contributed by atoms with Crippen LogP contribution in [-0.2, 0) is 24.7 Å². The molecule has 0 unspecified atom stereocenters. The van der Waals surface area contributed by atoms with E-state index in [1.54, 1.807) is 0 Å². The maximum absolute atomic E-state index is 14.2. The first-order valence-electron chi connectivity index (χ1n) is 12.1. The maximum atomic E-state index is 14.2. The summed E-state index contributed by atoms with van der Waals surface area (Å²) >= 11 is 0. The molecule has 2 aliphatic carbocycles. The normalized spacial score (nSPS) is 29.4. The van der Waals surface area contributed by atoms with E-state index < -0.39 is 29.6 Å². The summed E-state index contributed by atoms with van der Waals surface area (Å²) in [6.07, 6.45) is 1.99. The molecule has 3 fully saturated rings. The standard InChI is InChI=1S/C28H31NO5/c1-17(2)24-28(20-10-6-4-7-11-20,21-12-8-5-9-13-21)34-27(32)29(24)25(30)22-18-14-15-19(16-18)23(22)26(31)33-3/h4-13,17-19,22-24H,14-16H2,1-3H3/t18-,19+,22-,23+,24-/m0/s1. The summed E-state index contributed by atoms with van der Waals surface area (Å²) in [5.41, 5.74) is 0.504. The Morgan fingerprint density at radius 2 is 1.47 bits per heavy atom. The monoisotopic (exact) mass is 461 g/mol. The van der Waals surface area contributed by atoms with Gasteiger partial charge in [-0.25, -0.2) is 9.69 Å². The van der Waals surface area contributed by atoms with Crippen molar-refractivity contribution < 1.29 is 23.9 Å². The Morgan fingerprint density at radius 1 is 0.941 bits per heavy atom. The van der Waals surface area contributed by atoms with Crippen LogP contribution < -0.4 is 0 Å². The van der Waals surface area contributed by atoms with Crippen LogP contribution in [0.2, 0.25) is 0 Å². The fraction of sp³-hybridized carbons (Fsp3) is 0.464. The first kappa shape index (κ1) is 22.6. The number of carbonyl (C=O) groups is 3. The Bertz CT molecular complexity index is 1040. The summed E-state index contributed by atoms with van der Waals surface area (Å²) in [5, 5.41) is 0. The number of imide groups is 1. The van der Waals surface area contributed by atoms with E-state index in [0.717, 1.165) is 30.4 Å². The average Bonchev–Trinajstić information content (AvgIpc) is 3.56. The molecule has 1 heterocycles. The van der Waals surface area contributed by atoms with Gasteiger partial charge in [0, 0.05) is 11.1 Å². The van der Waals surface area contributed by atoms with Gasteiger partial charge in [-0.05, 0) is 37.0 Å². The second-order valence-corrected chi connectivity index (χ2v) is 10.1. The summed E-state index contributed by atoms with van der Waals surface area (Å²) in [4.78, 5) is 41.7. The molecule has 1 saturated heterocycles. The molecule has 2 bridgehead atoms. The van der Waals surface area contributed by atoms with Gasteiger partial charge in [0.15, 0.2) is 5.60 Å². The third-order valence-electron chi connectivity index (χ3n) is 8.09. The minimum atomic E-state index is -1.14. The number of esters is 1. The van der Waals surface area contributed by atoms with Crippen LogP contribution in [0.5, 0.6) is 0 Å². The van der Waals surface area contributed by atoms with Crippen LogP contribution in [0.1, 0.15) is 44.2 Å². The van der Waals surface area contributed by atoms with Gasteiger partial charge in [0.1, 0.15) is 0 Å². The molecule has 1 aliphatic heterocycles. The minimum Gasteiger partial charge on any atom is -0.469 e. The number of cyclic esters (lactones) is 1. The Morgan fingerprint density at radius 3 is 1.97 bits per heavy atom. The lowest BCUT2D eigenvalue weighted by Gasteiger charge is -2.39. The molecular formula is C28H31NO5. The number of rotatable bonds is 5. The van der Waals surface area contributed by atoms with E-state index in [4.69, 9.17) is 9.47 Å². The highest BCUT2D eigenvalue weighted by atomic mass is 16.6. The van der Waals surface area contributed by atoms with Crippen molar-refractivity contribution in [2.75, 3.05) is 7.11 Å². The number of carbonyl (C=O) groups excluding carboxylic acids is 3. The number of amides is 2. The highest BCUT2D eigenvalue weighted by molar-refractivity contribution is 5.98. The lowest BCUT2D eigenvalue weighted by atomic mass is 9.74. The number of hydrogen-bond donors (Lipinski definition) is 0. The molecule has 34 heavy (non-hydrogen) atoms. The Kier molecular flexibility index (Phi) is 5.70. The van der Waals surface area contributed by atoms with E-state index in [-0.39, 0.29) is 29.6 Å². The summed E-state index contributed by atoms with van der Waals surface area (Å²) in [5.74, 6) is -1.58. The molecule has 178 valence electrons. The largest absolute Gasteiger partial charge is 0.469 e. The van der Waals surface area contributed by atoms with Crippen LogP contribution >= 0.6 is 0 Å². The van der Waals surface area contributed by atoms with Gasteiger partial charge in [0.2, 0.25) is 5.91 Å². The van der Waals surface area contributed by atoms with Crippen LogP contribution in [0.25, 0.3) is 0 Å². The molecule has 2 aromatic carbocycles. The third-order valence-corrected chi connectivity index (χ3v) is 8.09. The number of nitrogens with zero attached hydrogens (tertiary/aromatic N) is 1. The molecule has 6 nitrogen and oxygen atoms in total. The fourth-order valence-corrected chi connectivity index (χ4v) is 6.82. The van der Waals surface area contributed by atoms with Crippen molar-refractivity contribution in [1.82, 2.24) is 4.90 Å². The second-order valence-electron chi connectivity index (χ2n) is 10.1. The SMILES string of the molecule is COC(=O)[C@@H]1[C@@H]2CC[C@@H](C2)[C@@H]1C(=O)N1C(=O)OC(c2ccccc2)(c2ccccc2)[C@@H]1C(C)C. The molecule has 0 spiro atoms. The third kappa shape index (κ3) is 3.26. The van der Waals surface area contributed by atoms with Crippen LogP contribution in [0.4, 0.5) is 4.79 Å². The van der Waals surface area contributed by atoms with Crippen molar-refractivity contribution in [3.05, 3.63) is 71.8 Å². The highest BCUT2D eigenvalue weighted by Gasteiger charge is 2.63.